The highest BCUT2D eigenvalue weighted by Gasteiger charge is 2.14. The van der Waals surface area contributed by atoms with Crippen molar-refractivity contribution in [3.8, 4) is 29.1 Å². The fourth-order valence-electron chi connectivity index (χ4n) is 2.55. The van der Waals surface area contributed by atoms with Crippen LogP contribution in [0.1, 0.15) is 5.56 Å². The number of nitriles is 1. The highest BCUT2D eigenvalue weighted by molar-refractivity contribution is 7.81. The molecule has 0 saturated carbocycles. The number of aromatic nitrogens is 2. The summed E-state index contributed by atoms with van der Waals surface area (Å²) in [6.45, 7) is -0.0508. The molecule has 0 aliphatic heterocycles. The SMILES string of the molecule is N#Cc1cc(Cl)cc(Oc2ccc(OS(=O)(=O)O)cc2OCCn2ccc(=O)[nH]c2=O)c1. The molecule has 32 heavy (non-hydrogen) atoms. The molecular formula is C19H14ClN3O8S. The zero-order chi connectivity index (χ0) is 23.3. The summed E-state index contributed by atoms with van der Waals surface area (Å²) < 4.78 is 47.9. The second kappa shape index (κ2) is 9.56. The maximum absolute atomic E-state index is 11.8. The number of nitrogens with zero attached hydrogens (tertiary/aromatic N) is 2. The van der Waals surface area contributed by atoms with Gasteiger partial charge in [-0.2, -0.15) is 13.7 Å². The summed E-state index contributed by atoms with van der Waals surface area (Å²) in [5.41, 5.74) is -0.932. The first-order valence-corrected chi connectivity index (χ1v) is 10.5. The number of H-pyrrole nitrogens is 1. The van der Waals surface area contributed by atoms with Crippen molar-refractivity contribution in [2.75, 3.05) is 6.61 Å². The van der Waals surface area contributed by atoms with Crippen LogP contribution in [0.5, 0.6) is 23.0 Å². The van der Waals surface area contributed by atoms with Crippen LogP contribution in [0.25, 0.3) is 0 Å². The van der Waals surface area contributed by atoms with E-state index in [1.165, 1.54) is 47.2 Å². The van der Waals surface area contributed by atoms with Crippen LogP contribution in [0.2, 0.25) is 5.02 Å². The van der Waals surface area contributed by atoms with E-state index in [-0.39, 0.29) is 46.7 Å². The Bertz CT molecular complexity index is 1410. The van der Waals surface area contributed by atoms with Crippen LogP contribution in [-0.2, 0) is 16.9 Å². The minimum atomic E-state index is -4.78. The Balaban J connectivity index is 1.87. The van der Waals surface area contributed by atoms with Crippen molar-refractivity contribution < 1.29 is 26.6 Å². The molecule has 3 aromatic rings. The Hall–Kier alpha value is -3.79. The fraction of sp³-hybridized carbons (Fsp3) is 0.105. The summed E-state index contributed by atoms with van der Waals surface area (Å²) in [5, 5.41) is 9.33. The molecule has 0 bridgehead atoms. The average molecular weight is 480 g/mol. The van der Waals surface area contributed by atoms with Gasteiger partial charge in [-0.3, -0.25) is 18.9 Å². The molecule has 0 aliphatic rings. The van der Waals surface area contributed by atoms with E-state index in [9.17, 15) is 18.0 Å². The lowest BCUT2D eigenvalue weighted by Crippen LogP contribution is -2.30. The minimum absolute atomic E-state index is 0.00195. The first kappa shape index (κ1) is 22.9. The van der Waals surface area contributed by atoms with E-state index in [0.717, 1.165) is 6.07 Å². The molecule has 0 unspecified atom stereocenters. The molecule has 1 heterocycles. The Kier molecular flexibility index (Phi) is 6.84. The lowest BCUT2D eigenvalue weighted by atomic mass is 10.2. The lowest BCUT2D eigenvalue weighted by Gasteiger charge is -2.14. The predicted molar refractivity (Wildman–Crippen MR) is 112 cm³/mol. The standard InChI is InChI=1S/C19H14ClN3O8S/c20-13-7-12(11-21)8-15(9-13)30-16-2-1-14(31-32(26,27)28)10-17(16)29-6-5-23-4-3-18(24)22-19(23)25/h1-4,7-10H,5-6H2,(H,22,24,25)(H,26,27,28). The zero-order valence-electron chi connectivity index (χ0n) is 16.0. The van der Waals surface area contributed by atoms with Gasteiger partial charge in [0.1, 0.15) is 18.1 Å². The lowest BCUT2D eigenvalue weighted by molar-refractivity contribution is 0.282. The second-order valence-electron chi connectivity index (χ2n) is 6.16. The summed E-state index contributed by atoms with van der Waals surface area (Å²) in [6.07, 6.45) is 1.29. The fourth-order valence-corrected chi connectivity index (χ4v) is 3.12. The van der Waals surface area contributed by atoms with Crippen molar-refractivity contribution in [2.45, 2.75) is 6.54 Å². The van der Waals surface area contributed by atoms with Gasteiger partial charge in [0.2, 0.25) is 0 Å². The van der Waals surface area contributed by atoms with Gasteiger partial charge in [-0.05, 0) is 30.3 Å². The number of hydrogen-bond acceptors (Lipinski definition) is 8. The molecule has 0 atom stereocenters. The van der Waals surface area contributed by atoms with E-state index < -0.39 is 21.6 Å². The molecule has 0 radical (unpaired) electrons. The molecule has 1 aromatic heterocycles. The van der Waals surface area contributed by atoms with Crippen LogP contribution >= 0.6 is 11.6 Å². The van der Waals surface area contributed by atoms with Gasteiger partial charge in [-0.1, -0.05) is 11.6 Å². The van der Waals surface area contributed by atoms with Crippen LogP contribution < -0.4 is 24.9 Å². The van der Waals surface area contributed by atoms with Crippen molar-refractivity contribution in [3.63, 3.8) is 0 Å². The van der Waals surface area contributed by atoms with Crippen molar-refractivity contribution in [2.24, 2.45) is 0 Å². The Morgan fingerprint density at radius 3 is 2.56 bits per heavy atom. The molecule has 3 rings (SSSR count). The van der Waals surface area contributed by atoms with Gasteiger partial charge in [-0.25, -0.2) is 4.79 Å². The second-order valence-corrected chi connectivity index (χ2v) is 7.62. The maximum atomic E-state index is 11.8. The van der Waals surface area contributed by atoms with Crippen molar-refractivity contribution >= 4 is 22.0 Å². The van der Waals surface area contributed by atoms with Crippen molar-refractivity contribution in [3.05, 3.63) is 80.1 Å². The van der Waals surface area contributed by atoms with Crippen molar-refractivity contribution in [1.29, 1.82) is 5.26 Å². The maximum Gasteiger partial charge on any atom is 0.446 e. The first-order chi connectivity index (χ1) is 15.1. The van der Waals surface area contributed by atoms with Crippen LogP contribution in [-0.4, -0.2) is 29.1 Å². The molecular weight excluding hydrogens is 466 g/mol. The molecule has 0 fully saturated rings. The Morgan fingerprint density at radius 1 is 1.09 bits per heavy atom. The molecule has 0 amide bonds. The smallest absolute Gasteiger partial charge is 0.446 e. The molecule has 13 heteroatoms. The third kappa shape index (κ3) is 6.35. The van der Waals surface area contributed by atoms with E-state index in [1.807, 2.05) is 6.07 Å². The van der Waals surface area contributed by atoms with Gasteiger partial charge >= 0.3 is 16.1 Å². The summed E-state index contributed by atoms with van der Waals surface area (Å²) >= 11 is 5.98. The normalized spacial score (nSPS) is 10.9. The summed E-state index contributed by atoms with van der Waals surface area (Å²) in [6, 6.07) is 11.1. The molecule has 166 valence electrons. The monoisotopic (exact) mass is 479 g/mol. The molecule has 11 nitrogen and oxygen atoms in total. The molecule has 2 N–H and O–H groups in total. The van der Waals surface area contributed by atoms with E-state index in [0.29, 0.717) is 0 Å². The van der Waals surface area contributed by atoms with Gasteiger partial charge in [-0.15, -0.1) is 0 Å². The van der Waals surface area contributed by atoms with E-state index >= 15 is 0 Å². The number of nitrogens with one attached hydrogen (secondary N) is 1. The summed E-state index contributed by atoms with van der Waals surface area (Å²) in [7, 11) is -4.78. The molecule has 0 saturated heterocycles. The third-order valence-corrected chi connectivity index (χ3v) is 4.45. The largest absolute Gasteiger partial charge is 0.488 e. The number of ether oxygens (including phenoxy) is 2. The Morgan fingerprint density at radius 2 is 1.88 bits per heavy atom. The summed E-state index contributed by atoms with van der Waals surface area (Å²) in [4.78, 5) is 25.0. The Labute approximate surface area is 185 Å². The van der Waals surface area contributed by atoms with Gasteiger partial charge in [0.15, 0.2) is 11.5 Å². The van der Waals surface area contributed by atoms with Gasteiger partial charge in [0.05, 0.1) is 18.2 Å². The molecule has 2 aromatic carbocycles. The summed E-state index contributed by atoms with van der Waals surface area (Å²) in [5.74, 6) is 0.0498. The van der Waals surface area contributed by atoms with Crippen LogP contribution in [0.4, 0.5) is 0 Å². The predicted octanol–water partition coefficient (Wildman–Crippen LogP) is 2.11. The van der Waals surface area contributed by atoms with E-state index in [4.69, 9.17) is 30.9 Å². The van der Waals surface area contributed by atoms with Crippen molar-refractivity contribution in [1.82, 2.24) is 9.55 Å². The van der Waals surface area contributed by atoms with Gasteiger partial charge in [0.25, 0.3) is 5.56 Å². The van der Waals surface area contributed by atoms with E-state index in [1.54, 1.807) is 0 Å². The highest BCUT2D eigenvalue weighted by atomic mass is 35.5. The topological polar surface area (TPSA) is 161 Å². The van der Waals surface area contributed by atoms with Gasteiger partial charge < -0.3 is 13.7 Å². The minimum Gasteiger partial charge on any atom is -0.488 e. The first-order valence-electron chi connectivity index (χ1n) is 8.75. The van der Waals surface area contributed by atoms with Gasteiger partial charge in [0, 0.05) is 23.4 Å². The number of aromatic amines is 1. The quantitative estimate of drug-likeness (QED) is 0.461. The third-order valence-electron chi connectivity index (χ3n) is 3.83. The highest BCUT2D eigenvalue weighted by Crippen LogP contribution is 2.36. The van der Waals surface area contributed by atoms with Crippen LogP contribution in [0.15, 0.2) is 58.3 Å². The zero-order valence-corrected chi connectivity index (χ0v) is 17.6. The molecule has 0 spiro atoms. The number of halogens is 1. The van der Waals surface area contributed by atoms with Crippen LogP contribution in [0.3, 0.4) is 0 Å². The average Bonchev–Trinajstić information content (AvgIpc) is 2.70. The van der Waals surface area contributed by atoms with E-state index in [2.05, 4.69) is 9.17 Å². The number of hydrogen-bond donors (Lipinski definition) is 2. The number of benzene rings is 2. The van der Waals surface area contributed by atoms with Crippen LogP contribution in [0, 0.1) is 11.3 Å². The number of rotatable bonds is 8. The molecule has 0 aliphatic carbocycles.